The second-order valence-corrected chi connectivity index (χ2v) is 9.41. The minimum absolute atomic E-state index is 0. The Bertz CT molecular complexity index is 1230. The molecule has 1 saturated heterocycles. The van der Waals surface area contributed by atoms with Gasteiger partial charge in [-0.3, -0.25) is 4.79 Å². The predicted octanol–water partition coefficient (Wildman–Crippen LogP) is 4.29. The van der Waals surface area contributed by atoms with E-state index in [9.17, 15) is 9.90 Å². The van der Waals surface area contributed by atoms with Crippen LogP contribution in [0.15, 0.2) is 72.5 Å². The van der Waals surface area contributed by atoms with Crippen molar-refractivity contribution in [2.75, 3.05) is 13.1 Å². The number of fused-ring (bicyclic) bond motifs is 1. The molecule has 184 valence electrons. The fourth-order valence-electron chi connectivity index (χ4n) is 5.21. The second kappa shape index (κ2) is 10.9. The largest absolute Gasteiger partial charge is 0.481 e. The third-order valence-electron chi connectivity index (χ3n) is 6.97. The number of benzene rings is 2. The van der Waals surface area contributed by atoms with Gasteiger partial charge < -0.3 is 15.2 Å². The van der Waals surface area contributed by atoms with Gasteiger partial charge in [-0.05, 0) is 40.9 Å². The van der Waals surface area contributed by atoms with E-state index in [4.69, 9.17) is 16.3 Å². The van der Waals surface area contributed by atoms with E-state index in [1.807, 2.05) is 24.3 Å². The molecule has 0 amide bonds. The van der Waals surface area contributed by atoms with E-state index in [1.54, 1.807) is 12.3 Å². The number of piperidine rings is 1. The number of ether oxygens (including phenoxy) is 1. The van der Waals surface area contributed by atoms with Gasteiger partial charge in [0.15, 0.2) is 0 Å². The summed E-state index contributed by atoms with van der Waals surface area (Å²) in [5.74, 6) is -1.22. The summed E-state index contributed by atoms with van der Waals surface area (Å²) in [5.41, 5.74) is 1.32. The lowest BCUT2D eigenvalue weighted by Crippen LogP contribution is -2.56. The normalized spacial score (nSPS) is 26.2. The van der Waals surface area contributed by atoms with Crippen LogP contribution >= 0.6 is 24.0 Å². The van der Waals surface area contributed by atoms with Gasteiger partial charge in [-0.1, -0.05) is 54.6 Å². The van der Waals surface area contributed by atoms with Gasteiger partial charge >= 0.3 is 5.97 Å². The van der Waals surface area contributed by atoms with Crippen LogP contribution in [0.5, 0.6) is 0 Å². The van der Waals surface area contributed by atoms with E-state index in [2.05, 4.69) is 51.1 Å². The highest BCUT2D eigenvalue weighted by Crippen LogP contribution is 2.47. The zero-order valence-electron chi connectivity index (χ0n) is 19.1. The second-order valence-electron chi connectivity index (χ2n) is 8.97. The summed E-state index contributed by atoms with van der Waals surface area (Å²) < 4.78 is 6.38. The Morgan fingerprint density at radius 1 is 1.23 bits per heavy atom. The zero-order valence-corrected chi connectivity index (χ0v) is 20.6. The highest BCUT2D eigenvalue weighted by Gasteiger charge is 2.54. The summed E-state index contributed by atoms with van der Waals surface area (Å²) in [4.78, 5) is 12.8. The highest BCUT2D eigenvalue weighted by atomic mass is 35.5. The average molecular weight is 515 g/mol. The Morgan fingerprint density at radius 2 is 2.06 bits per heavy atom. The maximum Gasteiger partial charge on any atom is 0.315 e. The van der Waals surface area contributed by atoms with E-state index in [-0.39, 0.29) is 24.4 Å². The third-order valence-corrected chi connectivity index (χ3v) is 7.61. The lowest BCUT2D eigenvalue weighted by atomic mass is 9.64. The monoisotopic (exact) mass is 514 g/mol. The van der Waals surface area contributed by atoms with Gasteiger partial charge in [0.1, 0.15) is 5.41 Å². The minimum Gasteiger partial charge on any atom is -0.481 e. The zero-order chi connectivity index (χ0) is 23.5. The van der Waals surface area contributed by atoms with Crippen molar-refractivity contribution in [3.63, 3.8) is 0 Å². The molecule has 0 saturated carbocycles. The molecule has 4 unspecified atom stereocenters. The molecule has 0 radical (unpaired) electrons. The average Bonchev–Trinajstić information content (AvgIpc) is 3.37. The summed E-state index contributed by atoms with van der Waals surface area (Å²) >= 11 is 6.96. The van der Waals surface area contributed by atoms with Crippen molar-refractivity contribution >= 4 is 40.7 Å². The first kappa shape index (κ1) is 25.4. The molecule has 0 spiro atoms. The summed E-state index contributed by atoms with van der Waals surface area (Å²) in [6.45, 7) is 1.70. The van der Waals surface area contributed by atoms with Crippen LogP contribution in [-0.4, -0.2) is 51.1 Å². The first-order valence-electron chi connectivity index (χ1n) is 11.5. The number of hydrogen-bond acceptors (Lipinski definition) is 5. The van der Waals surface area contributed by atoms with Gasteiger partial charge in [0.2, 0.25) is 0 Å². The number of carboxylic acids is 1. The summed E-state index contributed by atoms with van der Waals surface area (Å²) in [6.07, 6.45) is 7.88. The SMILES string of the molecule is Cl.O=C(O)C1(C2CCNCC2OCc2ccc3ccccc3c2)C=CC=C(Cc2cn[nH]n2)C1Cl. The Kier molecular flexibility index (Phi) is 7.91. The predicted molar refractivity (Wildman–Crippen MR) is 138 cm³/mol. The first-order chi connectivity index (χ1) is 16.6. The van der Waals surface area contributed by atoms with Crippen LogP contribution in [0.4, 0.5) is 0 Å². The molecule has 1 aromatic heterocycles. The van der Waals surface area contributed by atoms with Crippen LogP contribution < -0.4 is 5.32 Å². The molecule has 1 aliphatic carbocycles. The Balaban J connectivity index is 0.00000289. The van der Waals surface area contributed by atoms with Crippen LogP contribution in [0.3, 0.4) is 0 Å². The molecule has 1 aliphatic heterocycles. The van der Waals surface area contributed by atoms with Gasteiger partial charge in [-0.2, -0.15) is 15.4 Å². The number of aliphatic carboxylic acids is 1. The molecular weight excluding hydrogens is 487 g/mol. The number of nitrogens with one attached hydrogen (secondary N) is 2. The standard InChI is InChI=1S/C26H27ClN4O3.ClH/c27-24-20(13-21-14-29-31-30-21)6-3-10-26(24,25(32)33)22-9-11-28-15-23(22)34-16-17-7-8-18-4-1-2-5-19(18)12-17;/h1-8,10,12,14,22-24,28H,9,11,13,15-16H2,(H,32,33)(H,29,30,31);1H. The number of allylic oxidation sites excluding steroid dienone is 3. The maximum absolute atomic E-state index is 12.8. The number of carbonyl (C=O) groups is 1. The summed E-state index contributed by atoms with van der Waals surface area (Å²) in [6, 6.07) is 14.5. The van der Waals surface area contributed by atoms with Crippen molar-refractivity contribution in [2.45, 2.75) is 30.9 Å². The smallest absolute Gasteiger partial charge is 0.315 e. The Morgan fingerprint density at radius 3 is 2.83 bits per heavy atom. The highest BCUT2D eigenvalue weighted by molar-refractivity contribution is 6.25. The number of rotatable bonds is 7. The van der Waals surface area contributed by atoms with Crippen molar-refractivity contribution in [2.24, 2.45) is 11.3 Å². The molecule has 4 atom stereocenters. The fourth-order valence-corrected chi connectivity index (χ4v) is 5.69. The summed E-state index contributed by atoms with van der Waals surface area (Å²) in [7, 11) is 0. The number of alkyl halides is 1. The number of H-pyrrole nitrogens is 1. The van der Waals surface area contributed by atoms with E-state index in [0.717, 1.165) is 28.8 Å². The number of aromatic amines is 1. The molecule has 0 bridgehead atoms. The van der Waals surface area contributed by atoms with E-state index in [0.29, 0.717) is 26.0 Å². The molecule has 7 nitrogen and oxygen atoms in total. The van der Waals surface area contributed by atoms with Crippen molar-refractivity contribution in [3.05, 3.63) is 83.7 Å². The summed E-state index contributed by atoms with van der Waals surface area (Å²) in [5, 5.41) is 26.0. The molecular formula is C26H28Cl2N4O3. The molecule has 2 aromatic carbocycles. The number of carboxylic acid groups (broad SMARTS) is 1. The fraction of sp³-hybridized carbons (Fsp3) is 0.346. The van der Waals surface area contributed by atoms with Gasteiger partial charge in [-0.25, -0.2) is 0 Å². The molecule has 2 heterocycles. The van der Waals surface area contributed by atoms with E-state index < -0.39 is 16.8 Å². The van der Waals surface area contributed by atoms with Crippen molar-refractivity contribution in [3.8, 4) is 0 Å². The van der Waals surface area contributed by atoms with Gasteiger partial charge in [-0.15, -0.1) is 24.0 Å². The third kappa shape index (κ3) is 5.00. The van der Waals surface area contributed by atoms with Crippen molar-refractivity contribution < 1.29 is 14.6 Å². The van der Waals surface area contributed by atoms with Gasteiger partial charge in [0.25, 0.3) is 0 Å². The van der Waals surface area contributed by atoms with E-state index >= 15 is 0 Å². The number of hydrogen-bond donors (Lipinski definition) is 3. The van der Waals surface area contributed by atoms with Crippen LogP contribution in [-0.2, 0) is 22.6 Å². The molecule has 35 heavy (non-hydrogen) atoms. The number of halogens is 2. The topological polar surface area (TPSA) is 100 Å². The van der Waals surface area contributed by atoms with Crippen LogP contribution in [0.2, 0.25) is 0 Å². The molecule has 9 heteroatoms. The van der Waals surface area contributed by atoms with Crippen molar-refractivity contribution in [1.29, 1.82) is 0 Å². The molecule has 2 aliphatic rings. The maximum atomic E-state index is 12.8. The lowest BCUT2D eigenvalue weighted by molar-refractivity contribution is -0.154. The molecule has 3 aromatic rings. The van der Waals surface area contributed by atoms with E-state index in [1.165, 1.54) is 5.39 Å². The van der Waals surface area contributed by atoms with Crippen LogP contribution in [0.25, 0.3) is 10.8 Å². The van der Waals surface area contributed by atoms with Crippen LogP contribution in [0, 0.1) is 11.3 Å². The quantitative estimate of drug-likeness (QED) is 0.406. The number of aromatic nitrogens is 3. The van der Waals surface area contributed by atoms with Crippen molar-refractivity contribution in [1.82, 2.24) is 20.7 Å². The number of nitrogens with zero attached hydrogens (tertiary/aromatic N) is 2. The lowest BCUT2D eigenvalue weighted by Gasteiger charge is -2.46. The Labute approximate surface area is 215 Å². The minimum atomic E-state index is -1.27. The van der Waals surface area contributed by atoms with Gasteiger partial charge in [0.05, 0.1) is 30.0 Å². The molecule has 3 N–H and O–H groups in total. The molecule has 5 rings (SSSR count). The first-order valence-corrected chi connectivity index (χ1v) is 11.9. The molecule has 1 fully saturated rings. The Hall–Kier alpha value is -2.71. The van der Waals surface area contributed by atoms with Crippen LogP contribution in [0.1, 0.15) is 17.7 Å². The van der Waals surface area contributed by atoms with Gasteiger partial charge in [0, 0.05) is 18.9 Å².